The fourth-order valence-electron chi connectivity index (χ4n) is 1.76. The SMILES string of the molecule is NCc1ccc(-c2cnccc2C(F)(F)F)c(F)c1. The quantitative estimate of drug-likeness (QED) is 0.850. The van der Waals surface area contributed by atoms with Crippen LogP contribution < -0.4 is 5.73 Å². The monoisotopic (exact) mass is 270 g/mol. The smallest absolute Gasteiger partial charge is 0.326 e. The number of pyridine rings is 1. The molecule has 6 heteroatoms. The number of halogens is 4. The van der Waals surface area contributed by atoms with Crippen molar-refractivity contribution in [3.63, 3.8) is 0 Å². The molecular formula is C13H10F4N2. The maximum Gasteiger partial charge on any atom is 0.417 e. The number of nitrogens with two attached hydrogens (primary N) is 1. The molecule has 100 valence electrons. The highest BCUT2D eigenvalue weighted by atomic mass is 19.4. The molecule has 0 radical (unpaired) electrons. The van der Waals surface area contributed by atoms with E-state index in [1.54, 1.807) is 0 Å². The van der Waals surface area contributed by atoms with Crippen molar-refractivity contribution in [1.82, 2.24) is 4.98 Å². The standard InChI is InChI=1S/C13H10F4N2/c14-12-5-8(6-18)1-2-9(12)10-7-19-4-3-11(10)13(15,16)17/h1-5,7H,6,18H2. The average molecular weight is 270 g/mol. The molecular weight excluding hydrogens is 260 g/mol. The Kier molecular flexibility index (Phi) is 3.53. The van der Waals surface area contributed by atoms with Crippen molar-refractivity contribution >= 4 is 0 Å². The molecule has 2 N–H and O–H groups in total. The highest BCUT2D eigenvalue weighted by Crippen LogP contribution is 2.37. The predicted octanol–water partition coefficient (Wildman–Crippen LogP) is 3.37. The van der Waals surface area contributed by atoms with Crippen LogP contribution in [0.4, 0.5) is 17.6 Å². The Morgan fingerprint density at radius 2 is 1.84 bits per heavy atom. The van der Waals surface area contributed by atoms with Gasteiger partial charge in [0.1, 0.15) is 5.82 Å². The molecule has 19 heavy (non-hydrogen) atoms. The summed E-state index contributed by atoms with van der Waals surface area (Å²) in [6.07, 6.45) is -2.53. The molecule has 1 aromatic carbocycles. The van der Waals surface area contributed by atoms with Crippen LogP contribution in [-0.4, -0.2) is 4.98 Å². The Morgan fingerprint density at radius 3 is 2.42 bits per heavy atom. The Hall–Kier alpha value is -1.95. The largest absolute Gasteiger partial charge is 0.417 e. The molecule has 0 bridgehead atoms. The molecule has 2 rings (SSSR count). The van der Waals surface area contributed by atoms with E-state index in [2.05, 4.69) is 4.98 Å². The summed E-state index contributed by atoms with van der Waals surface area (Å²) in [4.78, 5) is 3.63. The van der Waals surface area contributed by atoms with Crippen LogP contribution in [0, 0.1) is 5.82 Å². The van der Waals surface area contributed by atoms with E-state index in [0.717, 1.165) is 24.5 Å². The summed E-state index contributed by atoms with van der Waals surface area (Å²) in [6, 6.07) is 4.73. The van der Waals surface area contributed by atoms with Crippen molar-refractivity contribution in [3.8, 4) is 11.1 Å². The first-order chi connectivity index (χ1) is 8.93. The van der Waals surface area contributed by atoms with Gasteiger partial charge in [-0.05, 0) is 17.7 Å². The highest BCUT2D eigenvalue weighted by molar-refractivity contribution is 5.68. The summed E-state index contributed by atoms with van der Waals surface area (Å²) >= 11 is 0. The lowest BCUT2D eigenvalue weighted by Crippen LogP contribution is -2.08. The molecule has 0 aliphatic heterocycles. The lowest BCUT2D eigenvalue weighted by molar-refractivity contribution is -0.137. The summed E-state index contributed by atoms with van der Waals surface area (Å²) in [5, 5.41) is 0. The van der Waals surface area contributed by atoms with Gasteiger partial charge in [0.05, 0.1) is 5.56 Å². The van der Waals surface area contributed by atoms with Gasteiger partial charge in [-0.15, -0.1) is 0 Å². The van der Waals surface area contributed by atoms with Crippen molar-refractivity contribution in [2.24, 2.45) is 5.73 Å². The van der Waals surface area contributed by atoms with Gasteiger partial charge in [-0.1, -0.05) is 12.1 Å². The number of nitrogens with zero attached hydrogens (tertiary/aromatic N) is 1. The van der Waals surface area contributed by atoms with Crippen molar-refractivity contribution in [3.05, 3.63) is 53.6 Å². The number of hydrogen-bond donors (Lipinski definition) is 1. The summed E-state index contributed by atoms with van der Waals surface area (Å²) in [7, 11) is 0. The minimum absolute atomic E-state index is 0.121. The number of aromatic nitrogens is 1. The van der Waals surface area contributed by atoms with Gasteiger partial charge in [-0.3, -0.25) is 4.98 Å². The molecule has 0 saturated heterocycles. The van der Waals surface area contributed by atoms with Crippen molar-refractivity contribution < 1.29 is 17.6 Å². The van der Waals surface area contributed by atoms with E-state index in [4.69, 9.17) is 5.73 Å². The minimum atomic E-state index is -4.56. The predicted molar refractivity (Wildman–Crippen MR) is 62.5 cm³/mol. The van der Waals surface area contributed by atoms with E-state index in [-0.39, 0.29) is 17.7 Å². The van der Waals surface area contributed by atoms with Crippen LogP contribution >= 0.6 is 0 Å². The fourth-order valence-corrected chi connectivity index (χ4v) is 1.76. The number of hydrogen-bond acceptors (Lipinski definition) is 2. The van der Waals surface area contributed by atoms with Crippen LogP contribution in [0.5, 0.6) is 0 Å². The van der Waals surface area contributed by atoms with E-state index in [1.807, 2.05) is 0 Å². The Balaban J connectivity index is 2.60. The first-order valence-electron chi connectivity index (χ1n) is 5.43. The van der Waals surface area contributed by atoms with E-state index < -0.39 is 17.6 Å². The normalized spacial score (nSPS) is 11.6. The lowest BCUT2D eigenvalue weighted by Gasteiger charge is -2.13. The summed E-state index contributed by atoms with van der Waals surface area (Å²) in [5.41, 5.74) is 4.52. The van der Waals surface area contributed by atoms with Crippen molar-refractivity contribution in [2.75, 3.05) is 0 Å². The number of alkyl halides is 3. The van der Waals surface area contributed by atoms with Gasteiger partial charge < -0.3 is 5.73 Å². The molecule has 2 aromatic rings. The van der Waals surface area contributed by atoms with Gasteiger partial charge in [-0.25, -0.2) is 4.39 Å². The first-order valence-corrected chi connectivity index (χ1v) is 5.43. The second kappa shape index (κ2) is 4.97. The van der Waals surface area contributed by atoms with Crippen molar-refractivity contribution in [1.29, 1.82) is 0 Å². The molecule has 2 nitrogen and oxygen atoms in total. The minimum Gasteiger partial charge on any atom is -0.326 e. The van der Waals surface area contributed by atoms with Gasteiger partial charge in [0.15, 0.2) is 0 Å². The van der Waals surface area contributed by atoms with Crippen molar-refractivity contribution in [2.45, 2.75) is 12.7 Å². The van der Waals surface area contributed by atoms with E-state index in [1.165, 1.54) is 12.1 Å². The maximum absolute atomic E-state index is 13.8. The third-order valence-corrected chi connectivity index (χ3v) is 2.69. The van der Waals surface area contributed by atoms with E-state index in [9.17, 15) is 17.6 Å². The fraction of sp³-hybridized carbons (Fsp3) is 0.154. The average Bonchev–Trinajstić information content (AvgIpc) is 2.37. The molecule has 0 fully saturated rings. The molecule has 1 heterocycles. The van der Waals surface area contributed by atoms with Gasteiger partial charge in [0, 0.05) is 30.1 Å². The molecule has 0 atom stereocenters. The van der Waals surface area contributed by atoms with Gasteiger partial charge in [0.2, 0.25) is 0 Å². The van der Waals surface area contributed by atoms with Crippen LogP contribution in [-0.2, 0) is 12.7 Å². The Morgan fingerprint density at radius 1 is 1.11 bits per heavy atom. The topological polar surface area (TPSA) is 38.9 Å². The third kappa shape index (κ3) is 2.73. The second-order valence-electron chi connectivity index (χ2n) is 3.94. The molecule has 0 saturated carbocycles. The molecule has 0 unspecified atom stereocenters. The molecule has 0 spiro atoms. The summed E-state index contributed by atoms with van der Waals surface area (Å²) < 4.78 is 52.4. The number of rotatable bonds is 2. The van der Waals surface area contributed by atoms with Gasteiger partial charge in [0.25, 0.3) is 0 Å². The Bertz CT molecular complexity index is 593. The van der Waals surface area contributed by atoms with Gasteiger partial charge >= 0.3 is 6.18 Å². The molecule has 1 aromatic heterocycles. The zero-order valence-electron chi connectivity index (χ0n) is 9.71. The zero-order chi connectivity index (χ0) is 14.0. The maximum atomic E-state index is 13.8. The van der Waals surface area contributed by atoms with Crippen LogP contribution in [0.25, 0.3) is 11.1 Å². The molecule has 0 aliphatic rings. The van der Waals surface area contributed by atoms with Gasteiger partial charge in [-0.2, -0.15) is 13.2 Å². The van der Waals surface area contributed by atoms with E-state index in [0.29, 0.717) is 5.56 Å². The highest BCUT2D eigenvalue weighted by Gasteiger charge is 2.34. The van der Waals surface area contributed by atoms with Crippen LogP contribution in [0.15, 0.2) is 36.7 Å². The number of benzene rings is 1. The van der Waals surface area contributed by atoms with Crippen LogP contribution in [0.1, 0.15) is 11.1 Å². The van der Waals surface area contributed by atoms with E-state index >= 15 is 0 Å². The third-order valence-electron chi connectivity index (χ3n) is 2.69. The lowest BCUT2D eigenvalue weighted by atomic mass is 10.00. The van der Waals surface area contributed by atoms with Crippen LogP contribution in [0.3, 0.4) is 0 Å². The molecule has 0 aliphatic carbocycles. The summed E-state index contributed by atoms with van der Waals surface area (Å²) in [6.45, 7) is 0.121. The second-order valence-corrected chi connectivity index (χ2v) is 3.94. The zero-order valence-corrected chi connectivity index (χ0v) is 9.71. The first kappa shape index (κ1) is 13.5. The van der Waals surface area contributed by atoms with Crippen LogP contribution in [0.2, 0.25) is 0 Å². The summed E-state index contributed by atoms with van der Waals surface area (Å²) in [5.74, 6) is -0.749. The Labute approximate surface area is 106 Å². The molecule has 0 amide bonds.